The molecule has 0 spiro atoms. The van der Waals surface area contributed by atoms with Crippen molar-refractivity contribution in [3.05, 3.63) is 42.2 Å². The Balaban J connectivity index is 1.96. The molecule has 0 radical (unpaired) electrons. The predicted octanol–water partition coefficient (Wildman–Crippen LogP) is 2.59. The first-order chi connectivity index (χ1) is 8.79. The van der Waals surface area contributed by atoms with E-state index in [1.54, 1.807) is 6.20 Å². The summed E-state index contributed by atoms with van der Waals surface area (Å²) in [5, 5.41) is 7.40. The van der Waals surface area contributed by atoms with E-state index in [2.05, 4.69) is 10.4 Å². The minimum absolute atomic E-state index is 0.786. The number of hydrogen-bond donors (Lipinski definition) is 1. The Morgan fingerprint density at radius 3 is 2.94 bits per heavy atom. The first-order valence-corrected chi connectivity index (χ1v) is 6.20. The molecule has 1 heterocycles. The third-order valence-corrected chi connectivity index (χ3v) is 2.74. The fourth-order valence-corrected chi connectivity index (χ4v) is 1.74. The lowest BCUT2D eigenvalue weighted by molar-refractivity contribution is 0.476. The average Bonchev–Trinajstić information content (AvgIpc) is 2.80. The van der Waals surface area contributed by atoms with Gasteiger partial charge in [0.1, 0.15) is 5.75 Å². The number of para-hydroxylation sites is 1. The van der Waals surface area contributed by atoms with Crippen LogP contribution >= 0.6 is 0 Å². The number of benzene rings is 1. The minimum atomic E-state index is 0.786. The van der Waals surface area contributed by atoms with Gasteiger partial charge in [-0.2, -0.15) is 5.10 Å². The van der Waals surface area contributed by atoms with E-state index in [-0.39, 0.29) is 0 Å². The number of ether oxygens (including phenoxy) is 1. The van der Waals surface area contributed by atoms with Crippen molar-refractivity contribution in [2.75, 3.05) is 13.6 Å². The first-order valence-electron chi connectivity index (χ1n) is 6.20. The molecule has 0 saturated heterocycles. The summed E-state index contributed by atoms with van der Waals surface area (Å²) in [6.45, 7) is 3.93. The van der Waals surface area contributed by atoms with Crippen LogP contribution in [0, 0.1) is 6.92 Å². The van der Waals surface area contributed by atoms with Gasteiger partial charge in [0.2, 0.25) is 0 Å². The minimum Gasteiger partial charge on any atom is -0.454 e. The molecule has 0 aliphatic rings. The van der Waals surface area contributed by atoms with Crippen LogP contribution in [-0.4, -0.2) is 23.4 Å². The molecule has 0 bridgehead atoms. The van der Waals surface area contributed by atoms with Gasteiger partial charge < -0.3 is 10.1 Å². The summed E-state index contributed by atoms with van der Waals surface area (Å²) < 4.78 is 7.70. The number of aromatic nitrogens is 2. The van der Waals surface area contributed by atoms with Crippen LogP contribution in [0.5, 0.6) is 11.5 Å². The van der Waals surface area contributed by atoms with Crippen LogP contribution in [0.4, 0.5) is 0 Å². The van der Waals surface area contributed by atoms with Gasteiger partial charge in [-0.3, -0.25) is 4.68 Å². The fourth-order valence-electron chi connectivity index (χ4n) is 1.74. The van der Waals surface area contributed by atoms with Crippen LogP contribution in [0.2, 0.25) is 0 Å². The lowest BCUT2D eigenvalue weighted by Gasteiger charge is -2.05. The summed E-state index contributed by atoms with van der Waals surface area (Å²) in [5.74, 6) is 1.67. The van der Waals surface area contributed by atoms with Crippen LogP contribution in [0.15, 0.2) is 36.7 Å². The molecule has 4 nitrogen and oxygen atoms in total. The van der Waals surface area contributed by atoms with E-state index < -0.39 is 0 Å². The van der Waals surface area contributed by atoms with Gasteiger partial charge in [-0.15, -0.1) is 0 Å². The maximum Gasteiger partial charge on any atom is 0.165 e. The van der Waals surface area contributed by atoms with E-state index in [9.17, 15) is 0 Å². The van der Waals surface area contributed by atoms with Crippen molar-refractivity contribution in [2.24, 2.45) is 0 Å². The molecule has 2 rings (SSSR count). The molecule has 1 aromatic carbocycles. The van der Waals surface area contributed by atoms with Crippen LogP contribution < -0.4 is 10.1 Å². The zero-order valence-electron chi connectivity index (χ0n) is 10.9. The van der Waals surface area contributed by atoms with Crippen molar-refractivity contribution < 1.29 is 4.74 Å². The summed E-state index contributed by atoms with van der Waals surface area (Å²) in [6.07, 6.45) is 4.75. The molecule has 4 heteroatoms. The Morgan fingerprint density at radius 2 is 2.17 bits per heavy atom. The summed E-state index contributed by atoms with van der Waals surface area (Å²) >= 11 is 0. The molecule has 0 unspecified atom stereocenters. The molecular formula is C14H19N3O. The number of nitrogens with zero attached hydrogens (tertiary/aromatic N) is 2. The Bertz CT molecular complexity index is 493. The third kappa shape index (κ3) is 3.34. The molecule has 0 aliphatic heterocycles. The zero-order valence-corrected chi connectivity index (χ0v) is 10.9. The van der Waals surface area contributed by atoms with Crippen LogP contribution in [-0.2, 0) is 6.54 Å². The Kier molecular flexibility index (Phi) is 4.36. The highest BCUT2D eigenvalue weighted by molar-refractivity contribution is 5.35. The molecular weight excluding hydrogens is 226 g/mol. The lowest BCUT2D eigenvalue weighted by Crippen LogP contribution is -2.11. The van der Waals surface area contributed by atoms with Gasteiger partial charge in [0, 0.05) is 6.54 Å². The van der Waals surface area contributed by atoms with Gasteiger partial charge in [-0.1, -0.05) is 18.2 Å². The van der Waals surface area contributed by atoms with Crippen molar-refractivity contribution in [3.63, 3.8) is 0 Å². The van der Waals surface area contributed by atoms with Crippen molar-refractivity contribution in [3.8, 4) is 11.5 Å². The first kappa shape index (κ1) is 12.6. The zero-order chi connectivity index (χ0) is 12.8. The SMILES string of the molecule is CNCCCn1cc(Oc2ccccc2C)cn1. The monoisotopic (exact) mass is 245 g/mol. The summed E-state index contributed by atoms with van der Waals surface area (Å²) in [5.41, 5.74) is 1.13. The molecule has 1 aromatic heterocycles. The standard InChI is InChI=1S/C14H19N3O/c1-12-6-3-4-7-14(12)18-13-10-16-17(11-13)9-5-8-15-2/h3-4,6-7,10-11,15H,5,8-9H2,1-2H3. The largest absolute Gasteiger partial charge is 0.454 e. The Labute approximate surface area is 108 Å². The highest BCUT2D eigenvalue weighted by Crippen LogP contribution is 2.23. The van der Waals surface area contributed by atoms with Gasteiger partial charge in [0.05, 0.1) is 12.4 Å². The van der Waals surface area contributed by atoms with E-state index in [1.165, 1.54) is 0 Å². The summed E-state index contributed by atoms with van der Waals surface area (Å²) in [4.78, 5) is 0. The number of rotatable bonds is 6. The lowest BCUT2D eigenvalue weighted by atomic mass is 10.2. The van der Waals surface area contributed by atoms with Gasteiger partial charge in [0.25, 0.3) is 0 Å². The predicted molar refractivity (Wildman–Crippen MR) is 72.0 cm³/mol. The molecule has 0 atom stereocenters. The second kappa shape index (κ2) is 6.21. The van der Waals surface area contributed by atoms with Gasteiger partial charge in [-0.05, 0) is 38.6 Å². The molecule has 0 saturated carbocycles. The van der Waals surface area contributed by atoms with Crippen molar-refractivity contribution in [1.82, 2.24) is 15.1 Å². The number of nitrogens with one attached hydrogen (secondary N) is 1. The fraction of sp³-hybridized carbons (Fsp3) is 0.357. The van der Waals surface area contributed by atoms with Gasteiger partial charge in [-0.25, -0.2) is 0 Å². The van der Waals surface area contributed by atoms with E-state index >= 15 is 0 Å². The average molecular weight is 245 g/mol. The maximum absolute atomic E-state index is 5.80. The van der Waals surface area contributed by atoms with E-state index in [0.717, 1.165) is 36.6 Å². The van der Waals surface area contributed by atoms with Gasteiger partial charge in [0.15, 0.2) is 5.75 Å². The van der Waals surface area contributed by atoms with E-state index in [1.807, 2.05) is 49.1 Å². The van der Waals surface area contributed by atoms with Crippen LogP contribution in [0.25, 0.3) is 0 Å². The molecule has 1 N–H and O–H groups in total. The number of hydrogen-bond acceptors (Lipinski definition) is 3. The van der Waals surface area contributed by atoms with E-state index in [0.29, 0.717) is 0 Å². The van der Waals surface area contributed by atoms with E-state index in [4.69, 9.17) is 4.74 Å². The Morgan fingerprint density at radius 1 is 1.33 bits per heavy atom. The Hall–Kier alpha value is -1.81. The number of aryl methyl sites for hydroxylation is 2. The summed E-state index contributed by atoms with van der Waals surface area (Å²) in [6, 6.07) is 7.98. The molecule has 0 fully saturated rings. The molecule has 0 amide bonds. The summed E-state index contributed by atoms with van der Waals surface area (Å²) in [7, 11) is 1.95. The third-order valence-electron chi connectivity index (χ3n) is 2.74. The van der Waals surface area contributed by atoms with Crippen molar-refractivity contribution in [1.29, 1.82) is 0 Å². The van der Waals surface area contributed by atoms with Crippen molar-refractivity contribution in [2.45, 2.75) is 19.9 Å². The topological polar surface area (TPSA) is 39.1 Å². The quantitative estimate of drug-likeness (QED) is 0.795. The second-order valence-corrected chi connectivity index (χ2v) is 4.26. The van der Waals surface area contributed by atoms with Gasteiger partial charge >= 0.3 is 0 Å². The highest BCUT2D eigenvalue weighted by Gasteiger charge is 2.03. The second-order valence-electron chi connectivity index (χ2n) is 4.26. The van der Waals surface area contributed by atoms with Crippen molar-refractivity contribution >= 4 is 0 Å². The molecule has 96 valence electrons. The molecule has 2 aromatic rings. The molecule has 0 aliphatic carbocycles. The maximum atomic E-state index is 5.80. The van der Waals surface area contributed by atoms with Crippen LogP contribution in [0.3, 0.4) is 0 Å². The van der Waals surface area contributed by atoms with Crippen LogP contribution in [0.1, 0.15) is 12.0 Å². The highest BCUT2D eigenvalue weighted by atomic mass is 16.5. The normalized spacial score (nSPS) is 10.6. The molecule has 18 heavy (non-hydrogen) atoms. The smallest absolute Gasteiger partial charge is 0.165 e.